The van der Waals surface area contributed by atoms with E-state index in [2.05, 4.69) is 51.2 Å². The van der Waals surface area contributed by atoms with Gasteiger partial charge in [0, 0.05) is 43.4 Å². The molecular formula is C15H16N4. The van der Waals surface area contributed by atoms with Gasteiger partial charge in [0.1, 0.15) is 0 Å². The fraction of sp³-hybridized carbons (Fsp3) is 0.200. The van der Waals surface area contributed by atoms with Crippen molar-refractivity contribution >= 4 is 10.9 Å². The van der Waals surface area contributed by atoms with Crippen molar-refractivity contribution in [3.63, 3.8) is 0 Å². The average Bonchev–Trinajstić information content (AvgIpc) is 2.87. The lowest BCUT2D eigenvalue weighted by atomic mass is 10.1. The minimum Gasteiger partial charge on any atom is -0.361 e. The van der Waals surface area contributed by atoms with Crippen LogP contribution in [0.25, 0.3) is 10.9 Å². The third kappa shape index (κ3) is 2.80. The van der Waals surface area contributed by atoms with Gasteiger partial charge < -0.3 is 4.98 Å². The first-order valence-corrected chi connectivity index (χ1v) is 6.31. The van der Waals surface area contributed by atoms with Gasteiger partial charge in [-0.05, 0) is 36.2 Å². The highest BCUT2D eigenvalue weighted by Crippen LogP contribution is 2.15. The minimum absolute atomic E-state index is 0.805. The van der Waals surface area contributed by atoms with Crippen molar-refractivity contribution in [1.82, 2.24) is 19.9 Å². The SMILES string of the molecule is CN(Cc1ccc2[nH]ccc2c1)Cc1cnccn1. The van der Waals surface area contributed by atoms with Gasteiger partial charge in [0.05, 0.1) is 5.69 Å². The molecule has 1 aromatic carbocycles. The van der Waals surface area contributed by atoms with Gasteiger partial charge in [-0.3, -0.25) is 14.9 Å². The van der Waals surface area contributed by atoms with Crippen LogP contribution in [0.3, 0.4) is 0 Å². The van der Waals surface area contributed by atoms with Crippen LogP contribution in [0.2, 0.25) is 0 Å². The number of hydrogen-bond acceptors (Lipinski definition) is 3. The van der Waals surface area contributed by atoms with E-state index in [0.29, 0.717) is 0 Å². The van der Waals surface area contributed by atoms with Crippen molar-refractivity contribution in [1.29, 1.82) is 0 Å². The molecule has 0 aliphatic carbocycles. The summed E-state index contributed by atoms with van der Waals surface area (Å²) in [5, 5.41) is 1.26. The number of benzene rings is 1. The van der Waals surface area contributed by atoms with Gasteiger partial charge in [-0.15, -0.1) is 0 Å². The number of aromatic nitrogens is 3. The largest absolute Gasteiger partial charge is 0.361 e. The first-order chi connectivity index (χ1) is 9.31. The van der Waals surface area contributed by atoms with Crippen LogP contribution < -0.4 is 0 Å². The van der Waals surface area contributed by atoms with Crippen molar-refractivity contribution in [2.75, 3.05) is 7.05 Å². The van der Waals surface area contributed by atoms with Gasteiger partial charge >= 0.3 is 0 Å². The van der Waals surface area contributed by atoms with Crippen LogP contribution in [-0.4, -0.2) is 26.9 Å². The molecule has 0 unspecified atom stereocenters. The maximum absolute atomic E-state index is 4.29. The van der Waals surface area contributed by atoms with Crippen LogP contribution >= 0.6 is 0 Å². The van der Waals surface area contributed by atoms with Crippen LogP contribution in [0.5, 0.6) is 0 Å². The van der Waals surface area contributed by atoms with E-state index >= 15 is 0 Å². The summed E-state index contributed by atoms with van der Waals surface area (Å²) in [6.45, 7) is 1.71. The fourth-order valence-corrected chi connectivity index (χ4v) is 2.26. The van der Waals surface area contributed by atoms with Gasteiger partial charge in [0.25, 0.3) is 0 Å². The molecule has 2 heterocycles. The lowest BCUT2D eigenvalue weighted by Crippen LogP contribution is -2.18. The molecule has 0 bridgehead atoms. The number of nitrogens with zero attached hydrogens (tertiary/aromatic N) is 3. The third-order valence-electron chi connectivity index (χ3n) is 3.12. The quantitative estimate of drug-likeness (QED) is 0.776. The predicted molar refractivity (Wildman–Crippen MR) is 75.5 cm³/mol. The number of fused-ring (bicyclic) bond motifs is 1. The Morgan fingerprint density at radius 3 is 2.95 bits per heavy atom. The van der Waals surface area contributed by atoms with E-state index in [0.717, 1.165) is 18.8 Å². The van der Waals surface area contributed by atoms with E-state index < -0.39 is 0 Å². The average molecular weight is 252 g/mol. The van der Waals surface area contributed by atoms with E-state index in [9.17, 15) is 0 Å². The van der Waals surface area contributed by atoms with Gasteiger partial charge in [-0.1, -0.05) is 6.07 Å². The molecule has 0 amide bonds. The summed E-state index contributed by atoms with van der Waals surface area (Å²) in [4.78, 5) is 13.8. The molecule has 1 N–H and O–H groups in total. The topological polar surface area (TPSA) is 44.8 Å². The van der Waals surface area contributed by atoms with Crippen LogP contribution in [0, 0.1) is 0 Å². The highest BCUT2D eigenvalue weighted by atomic mass is 15.1. The van der Waals surface area contributed by atoms with Gasteiger partial charge in [-0.25, -0.2) is 0 Å². The Morgan fingerprint density at radius 2 is 2.11 bits per heavy atom. The number of nitrogens with one attached hydrogen (secondary N) is 1. The van der Waals surface area contributed by atoms with Crippen LogP contribution in [0.1, 0.15) is 11.3 Å². The molecule has 0 saturated heterocycles. The first-order valence-electron chi connectivity index (χ1n) is 6.31. The molecule has 4 heteroatoms. The zero-order valence-electron chi connectivity index (χ0n) is 10.9. The second-order valence-electron chi connectivity index (χ2n) is 4.77. The van der Waals surface area contributed by atoms with Crippen LogP contribution in [0.15, 0.2) is 49.1 Å². The second kappa shape index (κ2) is 5.20. The summed E-state index contributed by atoms with van der Waals surface area (Å²) >= 11 is 0. The molecule has 0 radical (unpaired) electrons. The van der Waals surface area contributed by atoms with Gasteiger partial charge in [-0.2, -0.15) is 0 Å². The molecule has 0 aliphatic heterocycles. The highest BCUT2D eigenvalue weighted by Gasteiger charge is 2.04. The van der Waals surface area contributed by atoms with E-state index in [4.69, 9.17) is 0 Å². The molecule has 3 rings (SSSR count). The molecule has 3 aromatic rings. The molecule has 19 heavy (non-hydrogen) atoms. The Morgan fingerprint density at radius 1 is 1.16 bits per heavy atom. The lowest BCUT2D eigenvalue weighted by molar-refractivity contribution is 0.315. The van der Waals surface area contributed by atoms with E-state index in [1.807, 2.05) is 12.4 Å². The predicted octanol–water partition coefficient (Wildman–Crippen LogP) is 2.59. The van der Waals surface area contributed by atoms with Crippen molar-refractivity contribution < 1.29 is 0 Å². The maximum atomic E-state index is 4.29. The van der Waals surface area contributed by atoms with E-state index in [-0.39, 0.29) is 0 Å². The third-order valence-corrected chi connectivity index (χ3v) is 3.12. The summed E-state index contributed by atoms with van der Waals surface area (Å²) in [7, 11) is 2.09. The first kappa shape index (κ1) is 11.9. The summed E-state index contributed by atoms with van der Waals surface area (Å²) in [5.41, 5.74) is 3.48. The maximum Gasteiger partial charge on any atom is 0.0726 e. The summed E-state index contributed by atoms with van der Waals surface area (Å²) in [5.74, 6) is 0. The van der Waals surface area contributed by atoms with E-state index in [1.54, 1.807) is 12.4 Å². The number of H-pyrrole nitrogens is 1. The molecule has 4 nitrogen and oxygen atoms in total. The van der Waals surface area contributed by atoms with E-state index in [1.165, 1.54) is 16.5 Å². The standard InChI is InChI=1S/C15H16N4/c1-19(11-14-9-16-6-7-17-14)10-12-2-3-15-13(8-12)4-5-18-15/h2-9,18H,10-11H2,1H3. The normalized spacial score (nSPS) is 11.3. The number of aromatic amines is 1. The molecule has 96 valence electrons. The Kier molecular flexibility index (Phi) is 3.25. The molecule has 0 atom stereocenters. The van der Waals surface area contributed by atoms with Gasteiger partial charge in [0.2, 0.25) is 0 Å². The fourth-order valence-electron chi connectivity index (χ4n) is 2.26. The van der Waals surface area contributed by atoms with Crippen molar-refractivity contribution in [2.24, 2.45) is 0 Å². The molecule has 0 spiro atoms. The Bertz CT molecular complexity index is 660. The zero-order valence-corrected chi connectivity index (χ0v) is 10.9. The Balaban J connectivity index is 1.70. The zero-order chi connectivity index (χ0) is 13.1. The number of hydrogen-bond donors (Lipinski definition) is 1. The second-order valence-corrected chi connectivity index (χ2v) is 4.77. The smallest absolute Gasteiger partial charge is 0.0726 e. The summed E-state index contributed by atoms with van der Waals surface area (Å²) in [6.07, 6.45) is 7.21. The Hall–Kier alpha value is -2.20. The highest BCUT2D eigenvalue weighted by molar-refractivity contribution is 5.79. The summed E-state index contributed by atoms with van der Waals surface area (Å²) in [6, 6.07) is 8.60. The molecule has 2 aromatic heterocycles. The molecule has 0 fully saturated rings. The summed E-state index contributed by atoms with van der Waals surface area (Å²) < 4.78 is 0. The van der Waals surface area contributed by atoms with Crippen molar-refractivity contribution in [2.45, 2.75) is 13.1 Å². The Labute approximate surface area is 112 Å². The monoisotopic (exact) mass is 252 g/mol. The van der Waals surface area contributed by atoms with Crippen LogP contribution in [-0.2, 0) is 13.1 Å². The molecule has 0 saturated carbocycles. The van der Waals surface area contributed by atoms with Crippen molar-refractivity contribution in [3.05, 3.63) is 60.3 Å². The number of rotatable bonds is 4. The minimum atomic E-state index is 0.805. The van der Waals surface area contributed by atoms with Gasteiger partial charge in [0.15, 0.2) is 0 Å². The lowest BCUT2D eigenvalue weighted by Gasteiger charge is -2.16. The van der Waals surface area contributed by atoms with Crippen molar-refractivity contribution in [3.8, 4) is 0 Å². The van der Waals surface area contributed by atoms with Crippen LogP contribution in [0.4, 0.5) is 0 Å². The molecule has 0 aliphatic rings. The molecular weight excluding hydrogens is 236 g/mol.